The van der Waals surface area contributed by atoms with Gasteiger partial charge in [-0.05, 0) is 53.2 Å². The molecule has 0 spiro atoms. The number of fused-ring (bicyclic) bond motifs is 1. The zero-order valence-electron chi connectivity index (χ0n) is 12.2. The van der Waals surface area contributed by atoms with Crippen LogP contribution < -0.4 is 5.32 Å². The Hall–Kier alpha value is -1.72. The topological polar surface area (TPSA) is 68.0 Å². The molecule has 1 fully saturated rings. The zero-order valence-corrected chi connectivity index (χ0v) is 12.2. The molecule has 20 heavy (non-hydrogen) atoms. The second kappa shape index (κ2) is 5.34. The number of anilines is 1. The van der Waals surface area contributed by atoms with Gasteiger partial charge in [0, 0.05) is 6.54 Å². The summed E-state index contributed by atoms with van der Waals surface area (Å²) in [5, 5.41) is 19.2. The number of nitrogens with zero attached hydrogens (tertiary/aromatic N) is 5. The summed E-state index contributed by atoms with van der Waals surface area (Å²) < 4.78 is 1.46. The molecule has 3 rings (SSSR count). The molecule has 6 nitrogen and oxygen atoms in total. The van der Waals surface area contributed by atoms with Crippen LogP contribution in [0.15, 0.2) is 12.1 Å². The standard InChI is InChI=1S/C14H22N6/c1-11(2)9-14(7-3-4-8-14)10-15-12-5-6-13-16-18-19-20(13)17-12/h5-6,11H,3-4,7-10H2,1-2H3,(H,15,17). The highest BCUT2D eigenvalue weighted by atomic mass is 15.6. The molecule has 0 radical (unpaired) electrons. The lowest BCUT2D eigenvalue weighted by atomic mass is 9.78. The lowest BCUT2D eigenvalue weighted by Gasteiger charge is -2.31. The van der Waals surface area contributed by atoms with Gasteiger partial charge < -0.3 is 5.32 Å². The average Bonchev–Trinajstić information content (AvgIpc) is 3.04. The Labute approximate surface area is 118 Å². The SMILES string of the molecule is CC(C)CC1(CNc2ccc3nnnn3n2)CCCC1. The number of tetrazole rings is 1. The Morgan fingerprint density at radius 1 is 1.30 bits per heavy atom. The highest BCUT2D eigenvalue weighted by molar-refractivity contribution is 5.42. The lowest BCUT2D eigenvalue weighted by molar-refractivity contribution is 0.252. The molecule has 0 saturated heterocycles. The monoisotopic (exact) mass is 274 g/mol. The van der Waals surface area contributed by atoms with Gasteiger partial charge in [-0.25, -0.2) is 0 Å². The van der Waals surface area contributed by atoms with Crippen molar-refractivity contribution in [3.63, 3.8) is 0 Å². The Balaban J connectivity index is 1.70. The second-order valence-electron chi connectivity index (χ2n) is 6.40. The van der Waals surface area contributed by atoms with Gasteiger partial charge in [-0.3, -0.25) is 0 Å². The van der Waals surface area contributed by atoms with Gasteiger partial charge in [-0.2, -0.15) is 0 Å². The molecule has 0 bridgehead atoms. The molecule has 108 valence electrons. The number of aromatic nitrogens is 5. The molecule has 0 atom stereocenters. The van der Waals surface area contributed by atoms with Crippen molar-refractivity contribution < 1.29 is 0 Å². The lowest BCUT2D eigenvalue weighted by Crippen LogP contribution is -2.29. The largest absolute Gasteiger partial charge is 0.368 e. The van der Waals surface area contributed by atoms with E-state index in [2.05, 4.69) is 39.8 Å². The Kier molecular flexibility index (Phi) is 3.54. The van der Waals surface area contributed by atoms with Crippen molar-refractivity contribution in [1.82, 2.24) is 25.3 Å². The van der Waals surface area contributed by atoms with Crippen LogP contribution in [0.3, 0.4) is 0 Å². The van der Waals surface area contributed by atoms with E-state index in [9.17, 15) is 0 Å². The van der Waals surface area contributed by atoms with E-state index in [0.717, 1.165) is 18.3 Å². The maximum atomic E-state index is 4.38. The van der Waals surface area contributed by atoms with Crippen LogP contribution in [0.1, 0.15) is 46.0 Å². The first-order valence-electron chi connectivity index (χ1n) is 7.46. The van der Waals surface area contributed by atoms with Crippen LogP contribution in [0.4, 0.5) is 5.82 Å². The summed E-state index contributed by atoms with van der Waals surface area (Å²) in [4.78, 5) is 0. The van der Waals surface area contributed by atoms with E-state index >= 15 is 0 Å². The summed E-state index contributed by atoms with van der Waals surface area (Å²) in [6.07, 6.45) is 6.64. The molecule has 0 aliphatic heterocycles. The van der Waals surface area contributed by atoms with Crippen LogP contribution in [-0.2, 0) is 0 Å². The number of hydrogen-bond acceptors (Lipinski definition) is 5. The second-order valence-corrected chi connectivity index (χ2v) is 6.40. The number of rotatable bonds is 5. The molecule has 1 aliphatic carbocycles. The van der Waals surface area contributed by atoms with Gasteiger partial charge >= 0.3 is 0 Å². The molecule has 6 heteroatoms. The molecular weight excluding hydrogens is 252 g/mol. The van der Waals surface area contributed by atoms with Crippen LogP contribution in [-0.4, -0.2) is 31.8 Å². The van der Waals surface area contributed by atoms with Crippen molar-refractivity contribution in [2.45, 2.75) is 46.0 Å². The fourth-order valence-corrected chi connectivity index (χ4v) is 3.47. The van der Waals surface area contributed by atoms with Gasteiger partial charge in [-0.15, -0.1) is 14.8 Å². The Morgan fingerprint density at radius 2 is 2.10 bits per heavy atom. The van der Waals surface area contributed by atoms with Gasteiger partial charge in [0.25, 0.3) is 0 Å². The molecule has 0 aromatic carbocycles. The van der Waals surface area contributed by atoms with Gasteiger partial charge in [0.1, 0.15) is 5.82 Å². The highest BCUT2D eigenvalue weighted by Crippen LogP contribution is 2.43. The van der Waals surface area contributed by atoms with E-state index in [1.165, 1.54) is 36.7 Å². The molecule has 2 aromatic heterocycles. The van der Waals surface area contributed by atoms with Crippen molar-refractivity contribution in [2.24, 2.45) is 11.3 Å². The first-order valence-corrected chi connectivity index (χ1v) is 7.46. The summed E-state index contributed by atoms with van der Waals surface area (Å²) in [5.41, 5.74) is 1.11. The molecule has 1 aliphatic rings. The van der Waals surface area contributed by atoms with Gasteiger partial charge in [0.05, 0.1) is 0 Å². The molecule has 0 amide bonds. The van der Waals surface area contributed by atoms with Crippen LogP contribution in [0.2, 0.25) is 0 Å². The third-order valence-electron chi connectivity index (χ3n) is 4.22. The van der Waals surface area contributed by atoms with Crippen molar-refractivity contribution in [1.29, 1.82) is 0 Å². The minimum Gasteiger partial charge on any atom is -0.368 e. The van der Waals surface area contributed by atoms with E-state index in [-0.39, 0.29) is 0 Å². The maximum absolute atomic E-state index is 4.38. The molecule has 1 N–H and O–H groups in total. The van der Waals surface area contributed by atoms with Crippen molar-refractivity contribution in [2.75, 3.05) is 11.9 Å². The predicted octanol–water partition coefficient (Wildman–Crippen LogP) is 2.54. The van der Waals surface area contributed by atoms with E-state index in [1.807, 2.05) is 12.1 Å². The highest BCUT2D eigenvalue weighted by Gasteiger charge is 2.34. The summed E-state index contributed by atoms with van der Waals surface area (Å²) >= 11 is 0. The van der Waals surface area contributed by atoms with Crippen LogP contribution >= 0.6 is 0 Å². The number of nitrogens with one attached hydrogen (secondary N) is 1. The van der Waals surface area contributed by atoms with E-state index in [1.54, 1.807) is 0 Å². The maximum Gasteiger partial charge on any atom is 0.200 e. The normalized spacial score (nSPS) is 17.9. The van der Waals surface area contributed by atoms with Crippen molar-refractivity contribution >= 4 is 11.5 Å². The third-order valence-corrected chi connectivity index (χ3v) is 4.22. The molecule has 2 aromatic rings. The first kappa shape index (κ1) is 13.3. The Bertz CT molecular complexity index is 570. The summed E-state index contributed by atoms with van der Waals surface area (Å²) in [7, 11) is 0. The van der Waals surface area contributed by atoms with Gasteiger partial charge in [0.15, 0.2) is 5.65 Å². The fourth-order valence-electron chi connectivity index (χ4n) is 3.47. The van der Waals surface area contributed by atoms with E-state index in [0.29, 0.717) is 11.1 Å². The summed E-state index contributed by atoms with van der Waals surface area (Å²) in [6, 6.07) is 3.84. The molecule has 2 heterocycles. The van der Waals surface area contributed by atoms with Crippen LogP contribution in [0, 0.1) is 11.3 Å². The number of hydrogen-bond donors (Lipinski definition) is 1. The minimum absolute atomic E-state index is 0.436. The molecule has 0 unspecified atom stereocenters. The molecular formula is C14H22N6. The van der Waals surface area contributed by atoms with Crippen LogP contribution in [0.25, 0.3) is 5.65 Å². The van der Waals surface area contributed by atoms with Gasteiger partial charge in [-0.1, -0.05) is 26.7 Å². The summed E-state index contributed by atoms with van der Waals surface area (Å²) in [6.45, 7) is 5.61. The van der Waals surface area contributed by atoms with Crippen molar-refractivity contribution in [3.8, 4) is 0 Å². The smallest absolute Gasteiger partial charge is 0.200 e. The quantitative estimate of drug-likeness (QED) is 0.907. The average molecular weight is 274 g/mol. The van der Waals surface area contributed by atoms with Crippen molar-refractivity contribution in [3.05, 3.63) is 12.1 Å². The van der Waals surface area contributed by atoms with Crippen LogP contribution in [0.5, 0.6) is 0 Å². The Morgan fingerprint density at radius 3 is 2.85 bits per heavy atom. The van der Waals surface area contributed by atoms with Gasteiger partial charge in [0.2, 0.25) is 0 Å². The first-order chi connectivity index (χ1) is 9.67. The third kappa shape index (κ3) is 2.73. The van der Waals surface area contributed by atoms with E-state index in [4.69, 9.17) is 0 Å². The van der Waals surface area contributed by atoms with E-state index < -0.39 is 0 Å². The predicted molar refractivity (Wildman–Crippen MR) is 77.4 cm³/mol. The fraction of sp³-hybridized carbons (Fsp3) is 0.714. The zero-order chi connectivity index (χ0) is 14.0. The summed E-state index contributed by atoms with van der Waals surface area (Å²) in [5.74, 6) is 1.59. The molecule has 1 saturated carbocycles. The minimum atomic E-state index is 0.436.